The SMILES string of the molecule is COc1cc(C)c(CN(C)C(=O)C(N)C2CCOCC2)cc1OC.Cl. The molecule has 2 N–H and O–H groups in total. The van der Waals surface area contributed by atoms with Gasteiger partial charge in [-0.15, -0.1) is 12.4 Å². The second-order valence-electron chi connectivity index (χ2n) is 6.30. The number of carbonyl (C=O) groups excluding carboxylic acids is 1. The Balaban J connectivity index is 0.00000312. The summed E-state index contributed by atoms with van der Waals surface area (Å²) in [4.78, 5) is 14.3. The molecule has 142 valence electrons. The highest BCUT2D eigenvalue weighted by Crippen LogP contribution is 2.31. The molecule has 1 fully saturated rings. The van der Waals surface area contributed by atoms with E-state index in [2.05, 4.69) is 0 Å². The van der Waals surface area contributed by atoms with Crippen LogP contribution in [0.25, 0.3) is 0 Å². The Hall–Kier alpha value is -1.50. The van der Waals surface area contributed by atoms with Crippen LogP contribution in [0.5, 0.6) is 11.5 Å². The molecule has 1 amide bonds. The first-order valence-corrected chi connectivity index (χ1v) is 8.27. The van der Waals surface area contributed by atoms with Crippen molar-refractivity contribution in [1.29, 1.82) is 0 Å². The van der Waals surface area contributed by atoms with E-state index >= 15 is 0 Å². The van der Waals surface area contributed by atoms with Crippen molar-refractivity contribution in [2.75, 3.05) is 34.5 Å². The quantitative estimate of drug-likeness (QED) is 0.828. The van der Waals surface area contributed by atoms with Gasteiger partial charge in [-0.1, -0.05) is 0 Å². The normalized spacial score (nSPS) is 15.9. The van der Waals surface area contributed by atoms with Crippen molar-refractivity contribution in [3.63, 3.8) is 0 Å². The van der Waals surface area contributed by atoms with E-state index in [0.29, 0.717) is 31.3 Å². The van der Waals surface area contributed by atoms with Crippen LogP contribution in [0, 0.1) is 12.8 Å². The molecule has 25 heavy (non-hydrogen) atoms. The van der Waals surface area contributed by atoms with Gasteiger partial charge in [0.15, 0.2) is 11.5 Å². The Morgan fingerprint density at radius 2 is 1.84 bits per heavy atom. The highest BCUT2D eigenvalue weighted by molar-refractivity contribution is 5.85. The minimum absolute atomic E-state index is 0. The van der Waals surface area contributed by atoms with Crippen LogP contribution in [0.4, 0.5) is 0 Å². The number of halogens is 1. The van der Waals surface area contributed by atoms with E-state index in [1.165, 1.54) is 0 Å². The molecule has 1 aromatic carbocycles. The van der Waals surface area contributed by atoms with Gasteiger partial charge in [0.05, 0.1) is 20.3 Å². The summed E-state index contributed by atoms with van der Waals surface area (Å²) in [6.07, 6.45) is 1.69. The molecule has 1 aliphatic heterocycles. The van der Waals surface area contributed by atoms with Gasteiger partial charge >= 0.3 is 0 Å². The number of methoxy groups -OCH3 is 2. The van der Waals surface area contributed by atoms with Crippen LogP contribution >= 0.6 is 12.4 Å². The van der Waals surface area contributed by atoms with Gasteiger partial charge in [0.2, 0.25) is 5.91 Å². The first kappa shape index (κ1) is 21.5. The summed E-state index contributed by atoms with van der Waals surface area (Å²) in [6, 6.07) is 3.36. The van der Waals surface area contributed by atoms with Crippen LogP contribution in [-0.4, -0.2) is 51.3 Å². The number of amides is 1. The molecular weight excluding hydrogens is 344 g/mol. The molecule has 0 radical (unpaired) electrons. The minimum atomic E-state index is -0.473. The molecule has 0 aliphatic carbocycles. The zero-order valence-electron chi connectivity index (χ0n) is 15.4. The van der Waals surface area contributed by atoms with Gasteiger partial charge in [0, 0.05) is 26.8 Å². The average Bonchev–Trinajstić information content (AvgIpc) is 2.62. The summed E-state index contributed by atoms with van der Waals surface area (Å²) >= 11 is 0. The fourth-order valence-corrected chi connectivity index (χ4v) is 3.06. The van der Waals surface area contributed by atoms with Gasteiger partial charge in [0.1, 0.15) is 0 Å². The van der Waals surface area contributed by atoms with Crippen LogP contribution in [0.15, 0.2) is 12.1 Å². The standard InChI is InChI=1S/C18H28N2O4.ClH/c1-12-9-15(22-3)16(23-4)10-14(12)11-20(2)18(21)17(19)13-5-7-24-8-6-13;/h9-10,13,17H,5-8,11,19H2,1-4H3;1H. The lowest BCUT2D eigenvalue weighted by atomic mass is 9.91. The maximum absolute atomic E-state index is 12.6. The number of hydrogen-bond acceptors (Lipinski definition) is 5. The lowest BCUT2D eigenvalue weighted by Crippen LogP contribution is -2.47. The van der Waals surface area contributed by atoms with Gasteiger partial charge in [-0.3, -0.25) is 4.79 Å². The number of nitrogens with two attached hydrogens (primary N) is 1. The molecule has 2 rings (SSSR count). The number of carbonyl (C=O) groups is 1. The van der Waals surface area contributed by atoms with E-state index in [0.717, 1.165) is 24.0 Å². The second kappa shape index (κ2) is 9.85. The number of hydrogen-bond donors (Lipinski definition) is 1. The first-order chi connectivity index (χ1) is 11.5. The maximum atomic E-state index is 12.6. The van der Waals surface area contributed by atoms with Gasteiger partial charge in [0.25, 0.3) is 0 Å². The van der Waals surface area contributed by atoms with E-state index in [4.69, 9.17) is 19.9 Å². The zero-order chi connectivity index (χ0) is 17.7. The number of benzene rings is 1. The zero-order valence-corrected chi connectivity index (χ0v) is 16.2. The molecule has 1 aromatic rings. The Kier molecular flexibility index (Phi) is 8.48. The first-order valence-electron chi connectivity index (χ1n) is 8.27. The molecule has 6 nitrogen and oxygen atoms in total. The topological polar surface area (TPSA) is 74.0 Å². The van der Waals surface area contributed by atoms with Crippen molar-refractivity contribution in [2.45, 2.75) is 32.4 Å². The van der Waals surface area contributed by atoms with Gasteiger partial charge in [-0.25, -0.2) is 0 Å². The summed E-state index contributed by atoms with van der Waals surface area (Å²) in [7, 11) is 5.00. The Morgan fingerprint density at radius 1 is 1.28 bits per heavy atom. The lowest BCUT2D eigenvalue weighted by molar-refractivity contribution is -0.133. The Bertz CT molecular complexity index is 576. The molecule has 1 saturated heterocycles. The van der Waals surface area contributed by atoms with E-state index in [1.807, 2.05) is 19.1 Å². The number of ether oxygens (including phenoxy) is 3. The van der Waals surface area contributed by atoms with Crippen molar-refractivity contribution >= 4 is 18.3 Å². The molecule has 1 aliphatic rings. The summed E-state index contributed by atoms with van der Waals surface area (Å²) < 4.78 is 16.0. The molecular formula is C18H29ClN2O4. The van der Waals surface area contributed by atoms with Crippen LogP contribution in [0.1, 0.15) is 24.0 Å². The van der Waals surface area contributed by atoms with Gasteiger partial charge in [-0.2, -0.15) is 0 Å². The van der Waals surface area contributed by atoms with Crippen molar-refractivity contribution in [1.82, 2.24) is 4.90 Å². The number of rotatable bonds is 6. The van der Waals surface area contributed by atoms with Crippen LogP contribution in [0.3, 0.4) is 0 Å². The number of nitrogens with zero attached hydrogens (tertiary/aromatic N) is 1. The van der Waals surface area contributed by atoms with Crippen LogP contribution < -0.4 is 15.2 Å². The molecule has 1 heterocycles. The second-order valence-corrected chi connectivity index (χ2v) is 6.30. The average molecular weight is 373 g/mol. The molecule has 0 saturated carbocycles. The Labute approximate surface area is 156 Å². The molecule has 1 unspecified atom stereocenters. The highest BCUT2D eigenvalue weighted by Gasteiger charge is 2.28. The minimum Gasteiger partial charge on any atom is -0.493 e. The molecule has 0 bridgehead atoms. The number of likely N-dealkylation sites (N-methyl/N-ethyl adjacent to an activating group) is 1. The molecule has 0 spiro atoms. The number of aryl methyl sites for hydroxylation is 1. The highest BCUT2D eigenvalue weighted by atomic mass is 35.5. The maximum Gasteiger partial charge on any atom is 0.239 e. The van der Waals surface area contributed by atoms with E-state index in [1.54, 1.807) is 26.2 Å². The summed E-state index contributed by atoms with van der Waals surface area (Å²) in [6.45, 7) is 3.85. The van der Waals surface area contributed by atoms with Gasteiger partial charge in [-0.05, 0) is 48.9 Å². The smallest absolute Gasteiger partial charge is 0.239 e. The van der Waals surface area contributed by atoms with E-state index in [-0.39, 0.29) is 24.2 Å². The summed E-state index contributed by atoms with van der Waals surface area (Å²) in [5, 5.41) is 0. The predicted octanol–water partition coefficient (Wildman–Crippen LogP) is 2.15. The lowest BCUT2D eigenvalue weighted by Gasteiger charge is -2.30. The fourth-order valence-electron chi connectivity index (χ4n) is 3.06. The van der Waals surface area contributed by atoms with Crippen LogP contribution in [-0.2, 0) is 16.1 Å². The van der Waals surface area contributed by atoms with Crippen LogP contribution in [0.2, 0.25) is 0 Å². The third-order valence-electron chi connectivity index (χ3n) is 4.68. The molecule has 0 aromatic heterocycles. The van der Waals surface area contributed by atoms with Crippen molar-refractivity contribution in [3.8, 4) is 11.5 Å². The molecule has 1 atom stereocenters. The predicted molar refractivity (Wildman–Crippen MR) is 99.5 cm³/mol. The van der Waals surface area contributed by atoms with Crippen molar-refractivity contribution in [2.24, 2.45) is 11.7 Å². The summed E-state index contributed by atoms with van der Waals surface area (Å²) in [5.74, 6) is 1.51. The largest absolute Gasteiger partial charge is 0.493 e. The van der Waals surface area contributed by atoms with Gasteiger partial charge < -0.3 is 24.8 Å². The Morgan fingerprint density at radius 3 is 2.40 bits per heavy atom. The molecule has 7 heteroatoms. The fraction of sp³-hybridized carbons (Fsp3) is 0.611. The monoisotopic (exact) mass is 372 g/mol. The van der Waals surface area contributed by atoms with Crippen molar-refractivity contribution < 1.29 is 19.0 Å². The van der Waals surface area contributed by atoms with Crippen molar-refractivity contribution in [3.05, 3.63) is 23.3 Å². The van der Waals surface area contributed by atoms with E-state index < -0.39 is 6.04 Å². The third-order valence-corrected chi connectivity index (χ3v) is 4.68. The van der Waals surface area contributed by atoms with E-state index in [9.17, 15) is 4.79 Å². The summed E-state index contributed by atoms with van der Waals surface area (Å²) in [5.41, 5.74) is 8.26. The third kappa shape index (κ3) is 5.23.